The summed E-state index contributed by atoms with van der Waals surface area (Å²) in [5, 5.41) is 7.54. The minimum Gasteiger partial charge on any atom is -0.378 e. The Hall–Kier alpha value is -4.44. The van der Waals surface area contributed by atoms with E-state index in [1.807, 2.05) is 24.3 Å². The van der Waals surface area contributed by atoms with Gasteiger partial charge in [-0.25, -0.2) is 9.97 Å². The average molecular weight is 457 g/mol. The summed E-state index contributed by atoms with van der Waals surface area (Å²) in [6.45, 7) is 3.16. The van der Waals surface area contributed by atoms with Gasteiger partial charge in [-0.05, 0) is 53.9 Å². The lowest BCUT2D eigenvalue weighted by atomic mass is 10.2. The molecule has 1 aliphatic rings. The molecule has 0 atom stereocenters. The summed E-state index contributed by atoms with van der Waals surface area (Å²) in [5.74, 6) is 0.843. The molecule has 1 aliphatic heterocycles. The number of primary amides is 1. The van der Waals surface area contributed by atoms with Gasteiger partial charge < -0.3 is 31.0 Å². The van der Waals surface area contributed by atoms with Crippen LogP contribution in [0.4, 0.5) is 28.8 Å². The first-order valence-corrected chi connectivity index (χ1v) is 10.8. The molecule has 1 amide bonds. The Labute approximate surface area is 194 Å². The highest BCUT2D eigenvalue weighted by Crippen LogP contribution is 2.27. The van der Waals surface area contributed by atoms with Crippen LogP contribution in [-0.4, -0.2) is 47.2 Å². The molecule has 10 nitrogen and oxygen atoms in total. The van der Waals surface area contributed by atoms with E-state index in [-0.39, 0.29) is 5.56 Å². The fourth-order valence-electron chi connectivity index (χ4n) is 3.83. The molecule has 3 aromatic heterocycles. The number of H-pyrrole nitrogens is 1. The van der Waals surface area contributed by atoms with E-state index in [2.05, 4.69) is 30.5 Å². The van der Waals surface area contributed by atoms with E-state index in [9.17, 15) is 9.59 Å². The van der Waals surface area contributed by atoms with Crippen LogP contribution in [-0.2, 0) is 4.74 Å². The van der Waals surface area contributed by atoms with Crippen molar-refractivity contribution in [2.75, 3.05) is 41.8 Å². The molecule has 0 aliphatic carbocycles. The van der Waals surface area contributed by atoms with Gasteiger partial charge in [0.2, 0.25) is 5.91 Å². The average Bonchev–Trinajstić information content (AvgIpc) is 2.85. The van der Waals surface area contributed by atoms with Gasteiger partial charge in [0.1, 0.15) is 17.5 Å². The smallest absolute Gasteiger partial charge is 0.259 e. The molecular weight excluding hydrogens is 434 g/mol. The number of nitrogens with one attached hydrogen (secondary N) is 3. The third-order valence-corrected chi connectivity index (χ3v) is 5.56. The topological polar surface area (TPSA) is 138 Å². The highest BCUT2D eigenvalue weighted by atomic mass is 16.5. The van der Waals surface area contributed by atoms with Crippen LogP contribution in [0.1, 0.15) is 10.4 Å². The van der Waals surface area contributed by atoms with Crippen molar-refractivity contribution in [3.05, 3.63) is 76.8 Å². The van der Waals surface area contributed by atoms with Crippen LogP contribution in [0.15, 0.2) is 65.7 Å². The minimum absolute atomic E-state index is 0.243. The van der Waals surface area contributed by atoms with Gasteiger partial charge in [-0.2, -0.15) is 0 Å². The van der Waals surface area contributed by atoms with E-state index < -0.39 is 5.91 Å². The number of morpholine rings is 1. The summed E-state index contributed by atoms with van der Waals surface area (Å²) in [6, 6.07) is 14.8. The molecule has 1 fully saturated rings. The number of amides is 1. The van der Waals surface area contributed by atoms with Gasteiger partial charge in [-0.3, -0.25) is 9.59 Å². The quantitative estimate of drug-likeness (QED) is 0.347. The van der Waals surface area contributed by atoms with Crippen molar-refractivity contribution in [2.24, 2.45) is 5.73 Å². The van der Waals surface area contributed by atoms with Crippen molar-refractivity contribution in [2.45, 2.75) is 0 Å². The summed E-state index contributed by atoms with van der Waals surface area (Å²) in [6.07, 6.45) is 2.99. The first-order chi connectivity index (χ1) is 16.6. The number of nitrogens with two attached hydrogens (primary N) is 1. The Morgan fingerprint density at radius 2 is 1.82 bits per heavy atom. The number of carbonyl (C=O) groups is 1. The van der Waals surface area contributed by atoms with E-state index in [1.54, 1.807) is 30.5 Å². The number of ether oxygens (including phenoxy) is 1. The fourth-order valence-corrected chi connectivity index (χ4v) is 3.83. The molecule has 4 heterocycles. The predicted octanol–water partition coefficient (Wildman–Crippen LogP) is 2.74. The van der Waals surface area contributed by atoms with Gasteiger partial charge >= 0.3 is 0 Å². The lowest BCUT2D eigenvalue weighted by molar-refractivity contribution is 0.1000. The number of aromatic amines is 1. The molecule has 10 heteroatoms. The van der Waals surface area contributed by atoms with Crippen LogP contribution in [0, 0.1) is 0 Å². The molecular formula is C24H23N7O3. The van der Waals surface area contributed by atoms with Crippen molar-refractivity contribution >= 4 is 45.5 Å². The standard InChI is InChI=1S/C24H23N7O3/c25-22(32)16-1-6-19(27-14-16)29-20-13-15-7-8-26-24(33)21(15)23(30-20)28-17-2-4-18(5-3-17)31-9-11-34-12-10-31/h1-8,13-14H,9-12H2,(H2,25,32)(H,26,33)(H2,27,28,29,30). The molecule has 34 heavy (non-hydrogen) atoms. The highest BCUT2D eigenvalue weighted by Gasteiger charge is 2.13. The normalized spacial score (nSPS) is 13.6. The first kappa shape index (κ1) is 21.4. The van der Waals surface area contributed by atoms with Crippen molar-refractivity contribution < 1.29 is 9.53 Å². The molecule has 4 aromatic rings. The number of rotatable bonds is 6. The zero-order valence-corrected chi connectivity index (χ0v) is 18.2. The zero-order valence-electron chi connectivity index (χ0n) is 18.2. The Kier molecular flexibility index (Phi) is 5.79. The van der Waals surface area contributed by atoms with Gasteiger partial charge in [-0.1, -0.05) is 0 Å². The number of fused-ring (bicyclic) bond motifs is 1. The van der Waals surface area contributed by atoms with Crippen LogP contribution in [0.25, 0.3) is 10.8 Å². The van der Waals surface area contributed by atoms with Crippen molar-refractivity contribution in [3.63, 3.8) is 0 Å². The fraction of sp³-hybridized carbons (Fsp3) is 0.167. The number of pyridine rings is 3. The maximum absolute atomic E-state index is 12.6. The van der Waals surface area contributed by atoms with E-state index >= 15 is 0 Å². The van der Waals surface area contributed by atoms with Crippen LogP contribution < -0.4 is 26.8 Å². The third kappa shape index (κ3) is 4.52. The van der Waals surface area contributed by atoms with Crippen molar-refractivity contribution in [1.82, 2.24) is 15.0 Å². The molecule has 0 spiro atoms. The Balaban J connectivity index is 1.44. The van der Waals surface area contributed by atoms with Crippen LogP contribution in [0.3, 0.4) is 0 Å². The van der Waals surface area contributed by atoms with Gasteiger partial charge in [-0.15, -0.1) is 0 Å². The Morgan fingerprint density at radius 3 is 2.53 bits per heavy atom. The number of nitrogens with zero attached hydrogens (tertiary/aromatic N) is 3. The Bertz CT molecular complexity index is 1380. The maximum Gasteiger partial charge on any atom is 0.259 e. The number of hydrogen-bond donors (Lipinski definition) is 4. The second-order valence-corrected chi connectivity index (χ2v) is 7.82. The predicted molar refractivity (Wildman–Crippen MR) is 131 cm³/mol. The van der Waals surface area contributed by atoms with Crippen LogP contribution >= 0.6 is 0 Å². The molecule has 1 aromatic carbocycles. The zero-order chi connectivity index (χ0) is 23.5. The number of benzene rings is 1. The lowest BCUT2D eigenvalue weighted by Crippen LogP contribution is -2.36. The molecule has 172 valence electrons. The van der Waals surface area contributed by atoms with Crippen LogP contribution in [0.5, 0.6) is 0 Å². The van der Waals surface area contributed by atoms with Gasteiger partial charge in [0, 0.05) is 36.9 Å². The first-order valence-electron chi connectivity index (χ1n) is 10.8. The molecule has 0 unspecified atom stereocenters. The summed E-state index contributed by atoms with van der Waals surface area (Å²) in [5.41, 5.74) is 7.26. The van der Waals surface area contributed by atoms with Crippen LogP contribution in [0.2, 0.25) is 0 Å². The van der Waals surface area contributed by atoms with Crippen molar-refractivity contribution in [3.8, 4) is 0 Å². The second kappa shape index (κ2) is 9.20. The molecule has 0 radical (unpaired) electrons. The Morgan fingerprint density at radius 1 is 1.03 bits per heavy atom. The maximum atomic E-state index is 12.6. The molecule has 5 rings (SSSR count). The number of anilines is 5. The SMILES string of the molecule is NC(=O)c1ccc(Nc2cc3cc[nH]c(=O)c3c(Nc3ccc(N4CCOCC4)cc3)n2)nc1. The minimum atomic E-state index is -0.548. The molecule has 0 saturated carbocycles. The summed E-state index contributed by atoms with van der Waals surface area (Å²) < 4.78 is 5.42. The molecule has 0 bridgehead atoms. The third-order valence-electron chi connectivity index (χ3n) is 5.56. The van der Waals surface area contributed by atoms with Gasteiger partial charge in [0.25, 0.3) is 5.56 Å². The number of hydrogen-bond acceptors (Lipinski definition) is 8. The van der Waals surface area contributed by atoms with E-state index in [0.29, 0.717) is 33.8 Å². The molecule has 1 saturated heterocycles. The molecule has 5 N–H and O–H groups in total. The van der Waals surface area contributed by atoms with E-state index in [0.717, 1.165) is 37.7 Å². The van der Waals surface area contributed by atoms with E-state index in [1.165, 1.54) is 6.20 Å². The second-order valence-electron chi connectivity index (χ2n) is 7.82. The van der Waals surface area contributed by atoms with Crippen molar-refractivity contribution in [1.29, 1.82) is 0 Å². The number of aromatic nitrogens is 3. The van der Waals surface area contributed by atoms with E-state index in [4.69, 9.17) is 10.5 Å². The number of carbonyl (C=O) groups excluding carboxylic acids is 1. The summed E-state index contributed by atoms with van der Waals surface area (Å²) in [7, 11) is 0. The monoisotopic (exact) mass is 457 g/mol. The van der Waals surface area contributed by atoms with Gasteiger partial charge in [0.05, 0.1) is 24.2 Å². The van der Waals surface area contributed by atoms with Gasteiger partial charge in [0.15, 0.2) is 0 Å². The summed E-state index contributed by atoms with van der Waals surface area (Å²) in [4.78, 5) is 37.7. The largest absolute Gasteiger partial charge is 0.378 e. The summed E-state index contributed by atoms with van der Waals surface area (Å²) >= 11 is 0. The lowest BCUT2D eigenvalue weighted by Gasteiger charge is -2.28. The highest BCUT2D eigenvalue weighted by molar-refractivity contribution is 5.95.